The molecule has 0 aliphatic heterocycles. The van der Waals surface area contributed by atoms with Crippen LogP contribution in [0.25, 0.3) is 5.69 Å². The quantitative estimate of drug-likeness (QED) is 0.870. The average Bonchev–Trinajstić information content (AvgIpc) is 2.66. The molecule has 84 valence electrons. The fourth-order valence-electron chi connectivity index (χ4n) is 1.61. The molecule has 3 nitrogen and oxygen atoms in total. The summed E-state index contributed by atoms with van der Waals surface area (Å²) in [6.45, 7) is 3.88. The second-order valence-corrected chi connectivity index (χ2v) is 4.73. The van der Waals surface area contributed by atoms with Crippen LogP contribution in [-0.4, -0.2) is 9.55 Å². The zero-order valence-corrected chi connectivity index (χ0v) is 10.1. The first-order valence-electron chi connectivity index (χ1n) is 5.07. The Bertz CT molecular complexity index is 497. The van der Waals surface area contributed by atoms with Gasteiger partial charge in [-0.15, -0.1) is 0 Å². The van der Waals surface area contributed by atoms with Gasteiger partial charge < -0.3 is 5.73 Å². The second kappa shape index (κ2) is 3.92. The lowest BCUT2D eigenvalue weighted by Crippen LogP contribution is -2.31. The molecule has 4 heteroatoms. The Morgan fingerprint density at radius 2 is 2.00 bits per heavy atom. The molecule has 1 heterocycles. The maximum absolute atomic E-state index is 6.15. The number of nitrogens with two attached hydrogens (primary N) is 1. The summed E-state index contributed by atoms with van der Waals surface area (Å²) in [6, 6.07) is 7.63. The van der Waals surface area contributed by atoms with E-state index in [4.69, 9.17) is 17.3 Å². The van der Waals surface area contributed by atoms with Gasteiger partial charge in [-0.05, 0) is 26.0 Å². The van der Waals surface area contributed by atoms with Crippen molar-refractivity contribution in [1.29, 1.82) is 0 Å². The van der Waals surface area contributed by atoms with Gasteiger partial charge in [0.25, 0.3) is 0 Å². The number of hydrogen-bond acceptors (Lipinski definition) is 2. The minimum absolute atomic E-state index is 0.449. The molecule has 1 aromatic heterocycles. The van der Waals surface area contributed by atoms with Crippen LogP contribution in [0, 0.1) is 0 Å². The molecule has 2 N–H and O–H groups in total. The Hall–Kier alpha value is -1.32. The van der Waals surface area contributed by atoms with E-state index in [1.165, 1.54) is 0 Å². The molecular formula is C12H14ClN3. The van der Waals surface area contributed by atoms with E-state index in [0.717, 1.165) is 11.4 Å². The number of aromatic nitrogens is 2. The van der Waals surface area contributed by atoms with Crippen LogP contribution < -0.4 is 5.73 Å². The molecule has 2 aromatic rings. The third-order valence-corrected chi connectivity index (χ3v) is 2.73. The Kier molecular flexibility index (Phi) is 2.74. The Morgan fingerprint density at radius 1 is 1.31 bits per heavy atom. The molecule has 0 atom stereocenters. The van der Waals surface area contributed by atoms with Gasteiger partial charge in [-0.1, -0.05) is 23.7 Å². The first-order chi connectivity index (χ1) is 7.50. The van der Waals surface area contributed by atoms with Crippen molar-refractivity contribution in [3.63, 3.8) is 0 Å². The minimum Gasteiger partial charge on any atom is -0.321 e. The highest BCUT2D eigenvalue weighted by atomic mass is 35.5. The number of imidazole rings is 1. The van der Waals surface area contributed by atoms with E-state index in [9.17, 15) is 0 Å². The fraction of sp³-hybridized carbons (Fsp3) is 0.250. The topological polar surface area (TPSA) is 43.8 Å². The largest absolute Gasteiger partial charge is 0.321 e. The molecule has 0 amide bonds. The van der Waals surface area contributed by atoms with Gasteiger partial charge in [-0.25, -0.2) is 4.98 Å². The van der Waals surface area contributed by atoms with Gasteiger partial charge in [0, 0.05) is 0 Å². The summed E-state index contributed by atoms with van der Waals surface area (Å²) in [5.74, 6) is 0. The summed E-state index contributed by atoms with van der Waals surface area (Å²) in [5, 5.41) is 0.686. The van der Waals surface area contributed by atoms with E-state index in [1.54, 1.807) is 12.5 Å². The van der Waals surface area contributed by atoms with Crippen molar-refractivity contribution in [2.75, 3.05) is 0 Å². The molecular weight excluding hydrogens is 222 g/mol. The Morgan fingerprint density at radius 3 is 2.62 bits per heavy atom. The second-order valence-electron chi connectivity index (χ2n) is 4.32. The third-order valence-electron chi connectivity index (χ3n) is 2.41. The van der Waals surface area contributed by atoms with E-state index in [0.29, 0.717) is 5.02 Å². The highest BCUT2D eigenvalue weighted by Crippen LogP contribution is 2.25. The summed E-state index contributed by atoms with van der Waals surface area (Å²) >= 11 is 6.15. The highest BCUT2D eigenvalue weighted by Gasteiger charge is 2.20. The predicted octanol–water partition coefficient (Wildman–Crippen LogP) is 2.72. The molecule has 0 radical (unpaired) electrons. The number of nitrogens with zero attached hydrogens (tertiary/aromatic N) is 2. The van der Waals surface area contributed by atoms with Crippen molar-refractivity contribution in [2.24, 2.45) is 5.73 Å². The maximum Gasteiger partial charge on any atom is 0.0995 e. The Labute approximate surface area is 99.9 Å². The van der Waals surface area contributed by atoms with Gasteiger partial charge >= 0.3 is 0 Å². The molecule has 0 fully saturated rings. The van der Waals surface area contributed by atoms with E-state index in [1.807, 2.05) is 42.7 Å². The van der Waals surface area contributed by atoms with Crippen molar-refractivity contribution in [3.8, 4) is 5.69 Å². The van der Waals surface area contributed by atoms with Crippen LogP contribution in [0.3, 0.4) is 0 Å². The van der Waals surface area contributed by atoms with Crippen LogP contribution >= 0.6 is 11.6 Å². The van der Waals surface area contributed by atoms with Crippen LogP contribution in [0.1, 0.15) is 19.5 Å². The number of benzene rings is 1. The molecule has 0 aliphatic rings. The van der Waals surface area contributed by atoms with Gasteiger partial charge in [0.15, 0.2) is 0 Å². The lowest BCUT2D eigenvalue weighted by molar-refractivity contribution is 0.524. The molecule has 0 spiro atoms. The van der Waals surface area contributed by atoms with Crippen LogP contribution in [0.4, 0.5) is 0 Å². The maximum atomic E-state index is 6.15. The summed E-state index contributed by atoms with van der Waals surface area (Å²) < 4.78 is 1.92. The molecule has 0 bridgehead atoms. The zero-order valence-electron chi connectivity index (χ0n) is 9.31. The molecule has 0 saturated carbocycles. The molecule has 16 heavy (non-hydrogen) atoms. The van der Waals surface area contributed by atoms with Crippen molar-refractivity contribution in [2.45, 2.75) is 19.4 Å². The summed E-state index contributed by atoms with van der Waals surface area (Å²) in [7, 11) is 0. The summed E-state index contributed by atoms with van der Waals surface area (Å²) in [5.41, 5.74) is 7.47. The molecule has 0 saturated heterocycles. The first kappa shape index (κ1) is 11.2. The van der Waals surface area contributed by atoms with Crippen molar-refractivity contribution in [1.82, 2.24) is 9.55 Å². The van der Waals surface area contributed by atoms with Crippen molar-refractivity contribution >= 4 is 11.6 Å². The first-order valence-corrected chi connectivity index (χ1v) is 5.44. The van der Waals surface area contributed by atoms with Crippen LogP contribution in [-0.2, 0) is 5.54 Å². The smallest absolute Gasteiger partial charge is 0.0995 e. The average molecular weight is 236 g/mol. The number of hydrogen-bond donors (Lipinski definition) is 1. The van der Waals surface area contributed by atoms with E-state index in [2.05, 4.69) is 4.98 Å². The van der Waals surface area contributed by atoms with Gasteiger partial charge in [-0.2, -0.15) is 0 Å². The van der Waals surface area contributed by atoms with Gasteiger partial charge in [0.05, 0.1) is 34.5 Å². The standard InChI is InChI=1S/C12H14ClN3/c1-12(2,14)11-7-15-8-16(11)10-6-4-3-5-9(10)13/h3-8H,14H2,1-2H3. The van der Waals surface area contributed by atoms with Gasteiger partial charge in [0.2, 0.25) is 0 Å². The van der Waals surface area contributed by atoms with Crippen LogP contribution in [0.15, 0.2) is 36.8 Å². The molecule has 2 rings (SSSR count). The Balaban J connectivity index is 2.58. The summed E-state index contributed by atoms with van der Waals surface area (Å²) in [4.78, 5) is 4.13. The lowest BCUT2D eigenvalue weighted by Gasteiger charge is -2.21. The molecule has 0 aliphatic carbocycles. The molecule has 0 unspecified atom stereocenters. The minimum atomic E-state index is -0.449. The number of rotatable bonds is 2. The lowest BCUT2D eigenvalue weighted by atomic mass is 10.0. The third kappa shape index (κ3) is 1.96. The monoisotopic (exact) mass is 235 g/mol. The number of para-hydroxylation sites is 1. The zero-order chi connectivity index (χ0) is 11.8. The highest BCUT2D eigenvalue weighted by molar-refractivity contribution is 6.32. The summed E-state index contributed by atoms with van der Waals surface area (Å²) in [6.07, 6.45) is 3.49. The van der Waals surface area contributed by atoms with Gasteiger partial charge in [0.1, 0.15) is 0 Å². The van der Waals surface area contributed by atoms with Gasteiger partial charge in [-0.3, -0.25) is 4.57 Å². The predicted molar refractivity (Wildman–Crippen MR) is 65.8 cm³/mol. The van der Waals surface area contributed by atoms with Crippen LogP contribution in [0.5, 0.6) is 0 Å². The fourth-order valence-corrected chi connectivity index (χ4v) is 1.84. The van der Waals surface area contributed by atoms with Crippen molar-refractivity contribution in [3.05, 3.63) is 47.5 Å². The van der Waals surface area contributed by atoms with E-state index in [-0.39, 0.29) is 0 Å². The SMILES string of the molecule is CC(C)(N)c1cncn1-c1ccccc1Cl. The molecule has 1 aromatic carbocycles. The van der Waals surface area contributed by atoms with E-state index < -0.39 is 5.54 Å². The van der Waals surface area contributed by atoms with E-state index >= 15 is 0 Å². The van der Waals surface area contributed by atoms with Crippen molar-refractivity contribution < 1.29 is 0 Å². The normalized spacial score (nSPS) is 11.8. The van der Waals surface area contributed by atoms with Crippen LogP contribution in [0.2, 0.25) is 5.02 Å². The number of halogens is 1.